The van der Waals surface area contributed by atoms with E-state index in [1.165, 1.54) is 11.8 Å². The highest BCUT2D eigenvalue weighted by Crippen LogP contribution is 2.26. The lowest BCUT2D eigenvalue weighted by atomic mass is 10.1. The average Bonchev–Trinajstić information content (AvgIpc) is 2.48. The van der Waals surface area contributed by atoms with Gasteiger partial charge < -0.3 is 9.84 Å². The number of hydrogen-bond acceptors (Lipinski definition) is 3. The molecule has 20 heavy (non-hydrogen) atoms. The Labute approximate surface area is 122 Å². The molecule has 0 amide bonds. The fraction of sp³-hybridized carbons (Fsp3) is 0.188. The van der Waals surface area contributed by atoms with Crippen LogP contribution in [0.1, 0.15) is 5.56 Å². The molecule has 0 aromatic heterocycles. The van der Waals surface area contributed by atoms with Crippen LogP contribution in [0.25, 0.3) is 0 Å². The van der Waals surface area contributed by atoms with Gasteiger partial charge in [0.2, 0.25) is 0 Å². The van der Waals surface area contributed by atoms with Gasteiger partial charge in [-0.25, -0.2) is 0 Å². The number of thioether (sulfide) groups is 1. The minimum absolute atomic E-state index is 0.485. The monoisotopic (exact) mass is 288 g/mol. The molecule has 0 unspecified atom stereocenters. The van der Waals surface area contributed by atoms with Gasteiger partial charge in [-0.3, -0.25) is 4.79 Å². The molecule has 2 aromatic carbocycles. The van der Waals surface area contributed by atoms with Crippen LogP contribution in [0.5, 0.6) is 5.75 Å². The molecule has 0 saturated carbocycles. The molecule has 2 rings (SSSR count). The zero-order valence-electron chi connectivity index (χ0n) is 11.2. The van der Waals surface area contributed by atoms with Crippen LogP contribution < -0.4 is 4.74 Å². The van der Waals surface area contributed by atoms with Crippen LogP contribution in [-0.4, -0.2) is 23.4 Å². The molecule has 2 aromatic rings. The molecule has 3 nitrogen and oxygen atoms in total. The second kappa shape index (κ2) is 7.01. The summed E-state index contributed by atoms with van der Waals surface area (Å²) in [7, 11) is 1.61. The molecule has 0 aliphatic rings. The highest BCUT2D eigenvalue weighted by atomic mass is 32.2. The van der Waals surface area contributed by atoms with Crippen molar-refractivity contribution in [1.82, 2.24) is 0 Å². The van der Waals surface area contributed by atoms with E-state index in [0.717, 1.165) is 16.2 Å². The summed E-state index contributed by atoms with van der Waals surface area (Å²) in [6.45, 7) is 0. The Kier molecular flexibility index (Phi) is 5.07. The average molecular weight is 288 g/mol. The number of benzene rings is 2. The van der Waals surface area contributed by atoms with Crippen LogP contribution in [0.2, 0.25) is 0 Å². The van der Waals surface area contributed by atoms with Crippen molar-refractivity contribution in [1.29, 1.82) is 0 Å². The first-order valence-corrected chi connectivity index (χ1v) is 7.14. The van der Waals surface area contributed by atoms with E-state index < -0.39 is 11.2 Å². The van der Waals surface area contributed by atoms with Gasteiger partial charge in [-0.05, 0) is 36.2 Å². The van der Waals surface area contributed by atoms with E-state index in [0.29, 0.717) is 6.42 Å². The standard InChI is InChI=1S/C16H16O3S/c1-19-13-9-7-12(8-10-13)11-15(16(17)18)20-14-5-3-2-4-6-14/h2-10,15H,11H2,1H3,(H,17,18)/t15-/m1/s1. The van der Waals surface area contributed by atoms with Crippen molar-refractivity contribution in [2.75, 3.05) is 7.11 Å². The first-order chi connectivity index (χ1) is 9.69. The molecule has 0 aliphatic heterocycles. The van der Waals surface area contributed by atoms with E-state index in [2.05, 4.69) is 0 Å². The van der Waals surface area contributed by atoms with Crippen LogP contribution in [0.15, 0.2) is 59.5 Å². The Morgan fingerprint density at radius 1 is 1.15 bits per heavy atom. The third kappa shape index (κ3) is 4.03. The molecular weight excluding hydrogens is 272 g/mol. The lowest BCUT2D eigenvalue weighted by molar-refractivity contribution is -0.136. The largest absolute Gasteiger partial charge is 0.497 e. The summed E-state index contributed by atoms with van der Waals surface area (Å²) >= 11 is 1.37. The van der Waals surface area contributed by atoms with E-state index in [9.17, 15) is 9.90 Å². The van der Waals surface area contributed by atoms with Crippen LogP contribution in [-0.2, 0) is 11.2 Å². The number of rotatable bonds is 6. The van der Waals surface area contributed by atoms with Crippen LogP contribution in [0, 0.1) is 0 Å². The zero-order valence-corrected chi connectivity index (χ0v) is 12.0. The quantitative estimate of drug-likeness (QED) is 0.827. The van der Waals surface area contributed by atoms with Gasteiger partial charge in [-0.1, -0.05) is 30.3 Å². The van der Waals surface area contributed by atoms with Crippen LogP contribution >= 0.6 is 11.8 Å². The SMILES string of the molecule is COc1ccc(C[C@@H](Sc2ccccc2)C(=O)O)cc1. The summed E-state index contributed by atoms with van der Waals surface area (Å²) in [6, 6.07) is 17.1. The first kappa shape index (κ1) is 14.5. The minimum Gasteiger partial charge on any atom is -0.497 e. The lowest BCUT2D eigenvalue weighted by Crippen LogP contribution is -2.19. The maximum absolute atomic E-state index is 11.4. The number of aliphatic carboxylic acids is 1. The predicted octanol–water partition coefficient (Wildman–Crippen LogP) is 3.48. The molecule has 0 fully saturated rings. The number of carboxylic acids is 1. The number of hydrogen-bond donors (Lipinski definition) is 1. The molecule has 1 N–H and O–H groups in total. The fourth-order valence-corrected chi connectivity index (χ4v) is 2.84. The Morgan fingerprint density at radius 2 is 1.80 bits per heavy atom. The molecule has 0 radical (unpaired) electrons. The third-order valence-electron chi connectivity index (χ3n) is 2.88. The van der Waals surface area contributed by atoms with Gasteiger partial charge in [-0.15, -0.1) is 11.8 Å². The summed E-state index contributed by atoms with van der Waals surface area (Å²) in [5, 5.41) is 8.86. The molecule has 0 aliphatic carbocycles. The van der Waals surface area contributed by atoms with Crippen molar-refractivity contribution in [3.63, 3.8) is 0 Å². The number of carbonyl (C=O) groups is 1. The Hall–Kier alpha value is -1.94. The zero-order chi connectivity index (χ0) is 14.4. The van der Waals surface area contributed by atoms with Gasteiger partial charge in [0.25, 0.3) is 0 Å². The van der Waals surface area contributed by atoms with Gasteiger partial charge in [0.1, 0.15) is 11.0 Å². The predicted molar refractivity (Wildman–Crippen MR) is 80.4 cm³/mol. The maximum Gasteiger partial charge on any atom is 0.317 e. The third-order valence-corrected chi connectivity index (χ3v) is 4.07. The highest BCUT2D eigenvalue weighted by molar-refractivity contribution is 8.00. The normalized spacial score (nSPS) is 11.8. The molecule has 1 atom stereocenters. The fourth-order valence-electron chi connectivity index (χ4n) is 1.82. The van der Waals surface area contributed by atoms with Crippen LogP contribution in [0.3, 0.4) is 0 Å². The van der Waals surface area contributed by atoms with Gasteiger partial charge in [0.15, 0.2) is 0 Å². The van der Waals surface area contributed by atoms with Crippen molar-refractivity contribution in [2.24, 2.45) is 0 Å². The Bertz CT molecular complexity index is 552. The van der Waals surface area contributed by atoms with E-state index in [1.807, 2.05) is 54.6 Å². The molecule has 0 heterocycles. The first-order valence-electron chi connectivity index (χ1n) is 6.26. The smallest absolute Gasteiger partial charge is 0.317 e. The molecule has 0 bridgehead atoms. The summed E-state index contributed by atoms with van der Waals surface area (Å²) < 4.78 is 5.10. The van der Waals surface area contributed by atoms with Gasteiger partial charge in [0.05, 0.1) is 7.11 Å². The van der Waals surface area contributed by atoms with Crippen molar-refractivity contribution in [3.05, 3.63) is 60.2 Å². The maximum atomic E-state index is 11.4. The Morgan fingerprint density at radius 3 is 2.35 bits per heavy atom. The van der Waals surface area contributed by atoms with E-state index in [-0.39, 0.29) is 0 Å². The molecule has 0 spiro atoms. The van der Waals surface area contributed by atoms with E-state index >= 15 is 0 Å². The van der Waals surface area contributed by atoms with Gasteiger partial charge in [-0.2, -0.15) is 0 Å². The highest BCUT2D eigenvalue weighted by Gasteiger charge is 2.19. The number of carboxylic acid groups (broad SMARTS) is 1. The van der Waals surface area contributed by atoms with Crippen molar-refractivity contribution < 1.29 is 14.6 Å². The van der Waals surface area contributed by atoms with Crippen molar-refractivity contribution in [2.45, 2.75) is 16.6 Å². The minimum atomic E-state index is -0.797. The molecule has 0 saturated heterocycles. The Balaban J connectivity index is 2.07. The van der Waals surface area contributed by atoms with E-state index in [4.69, 9.17) is 4.74 Å². The summed E-state index contributed by atoms with van der Waals surface area (Å²) in [4.78, 5) is 12.4. The molecule has 4 heteroatoms. The number of methoxy groups -OCH3 is 1. The lowest BCUT2D eigenvalue weighted by Gasteiger charge is -2.12. The van der Waals surface area contributed by atoms with Gasteiger partial charge >= 0.3 is 5.97 Å². The summed E-state index contributed by atoms with van der Waals surface area (Å²) in [5.74, 6) is -0.0222. The second-order valence-corrected chi connectivity index (χ2v) is 5.59. The summed E-state index contributed by atoms with van der Waals surface area (Å²) in [5.41, 5.74) is 0.988. The van der Waals surface area contributed by atoms with Crippen molar-refractivity contribution >= 4 is 17.7 Å². The van der Waals surface area contributed by atoms with E-state index in [1.54, 1.807) is 7.11 Å². The second-order valence-electron chi connectivity index (χ2n) is 4.31. The molecule has 104 valence electrons. The number of ether oxygens (including phenoxy) is 1. The van der Waals surface area contributed by atoms with Crippen molar-refractivity contribution in [3.8, 4) is 5.75 Å². The van der Waals surface area contributed by atoms with Gasteiger partial charge in [0, 0.05) is 4.90 Å². The molecular formula is C16H16O3S. The van der Waals surface area contributed by atoms with Crippen LogP contribution in [0.4, 0.5) is 0 Å². The summed E-state index contributed by atoms with van der Waals surface area (Å²) in [6.07, 6.45) is 0.485. The topological polar surface area (TPSA) is 46.5 Å².